The van der Waals surface area contributed by atoms with E-state index in [-0.39, 0.29) is 24.4 Å². The molecule has 1 aromatic rings. The lowest BCUT2D eigenvalue weighted by Gasteiger charge is -2.26. The summed E-state index contributed by atoms with van der Waals surface area (Å²) in [6.07, 6.45) is 1.36. The van der Waals surface area contributed by atoms with Crippen molar-refractivity contribution in [3.8, 4) is 5.75 Å². The van der Waals surface area contributed by atoms with Gasteiger partial charge in [-0.25, -0.2) is 0 Å². The molecule has 18 heavy (non-hydrogen) atoms. The van der Waals surface area contributed by atoms with Crippen LogP contribution in [0.3, 0.4) is 0 Å². The van der Waals surface area contributed by atoms with Gasteiger partial charge in [0.2, 0.25) is 5.91 Å². The molecule has 2 N–H and O–H groups in total. The number of benzene rings is 1. The summed E-state index contributed by atoms with van der Waals surface area (Å²) in [5.74, 6) is 1.01. The van der Waals surface area contributed by atoms with E-state index in [9.17, 15) is 4.79 Å². The molecule has 0 bridgehead atoms. The average Bonchev–Trinajstić information content (AvgIpc) is 2.36. The van der Waals surface area contributed by atoms with Gasteiger partial charge in [0.15, 0.2) is 0 Å². The Morgan fingerprint density at radius 3 is 3.00 bits per heavy atom. The number of carbonyl (C=O) groups is 1. The molecule has 1 unspecified atom stereocenters. The first-order chi connectivity index (χ1) is 8.29. The standard InChI is InChI=1S/C13H18N2O2.ClH/c1-14-7-6-13(16)15-11-8-10-4-2-3-5-12(10)17-9-11;/h2-5,11,14H,6-9H2,1H3,(H,15,16);1H. The molecular weight excluding hydrogens is 252 g/mol. The Morgan fingerprint density at radius 1 is 1.44 bits per heavy atom. The highest BCUT2D eigenvalue weighted by Crippen LogP contribution is 2.23. The zero-order valence-corrected chi connectivity index (χ0v) is 11.3. The van der Waals surface area contributed by atoms with Crippen LogP contribution in [0.2, 0.25) is 0 Å². The topological polar surface area (TPSA) is 50.4 Å². The van der Waals surface area contributed by atoms with E-state index in [2.05, 4.69) is 10.6 Å². The minimum absolute atomic E-state index is 0. The van der Waals surface area contributed by atoms with Crippen molar-refractivity contribution in [1.29, 1.82) is 0 Å². The largest absolute Gasteiger partial charge is 0.491 e. The van der Waals surface area contributed by atoms with Crippen molar-refractivity contribution in [2.24, 2.45) is 0 Å². The molecule has 0 aliphatic carbocycles. The summed E-state index contributed by atoms with van der Waals surface area (Å²) in [6, 6.07) is 8.06. The van der Waals surface area contributed by atoms with Gasteiger partial charge in [-0.05, 0) is 25.1 Å². The molecule has 1 atom stereocenters. The summed E-state index contributed by atoms with van der Waals surface area (Å²) < 4.78 is 5.61. The lowest BCUT2D eigenvalue weighted by molar-refractivity contribution is -0.122. The fourth-order valence-electron chi connectivity index (χ4n) is 1.96. The Balaban J connectivity index is 0.00000162. The number of ether oxygens (including phenoxy) is 1. The van der Waals surface area contributed by atoms with Gasteiger partial charge in [-0.2, -0.15) is 0 Å². The molecule has 0 radical (unpaired) electrons. The maximum atomic E-state index is 11.6. The summed E-state index contributed by atoms with van der Waals surface area (Å²) in [7, 11) is 1.84. The number of halogens is 1. The van der Waals surface area contributed by atoms with Crippen molar-refractivity contribution in [1.82, 2.24) is 10.6 Å². The quantitative estimate of drug-likeness (QED) is 0.863. The van der Waals surface area contributed by atoms with Crippen molar-refractivity contribution in [3.05, 3.63) is 29.8 Å². The second-order valence-electron chi connectivity index (χ2n) is 4.24. The lowest BCUT2D eigenvalue weighted by Crippen LogP contribution is -2.43. The van der Waals surface area contributed by atoms with Gasteiger partial charge in [-0.1, -0.05) is 18.2 Å². The second-order valence-corrected chi connectivity index (χ2v) is 4.24. The minimum atomic E-state index is 0. The maximum absolute atomic E-state index is 11.6. The Hall–Kier alpha value is -1.26. The first-order valence-corrected chi connectivity index (χ1v) is 5.94. The SMILES string of the molecule is CNCCC(=O)NC1COc2ccccc2C1.Cl. The zero-order chi connectivity index (χ0) is 12.1. The second kappa shape index (κ2) is 7.24. The van der Waals surface area contributed by atoms with Crippen molar-refractivity contribution in [3.63, 3.8) is 0 Å². The van der Waals surface area contributed by atoms with Gasteiger partial charge in [-0.3, -0.25) is 4.79 Å². The van der Waals surface area contributed by atoms with Gasteiger partial charge in [-0.15, -0.1) is 12.4 Å². The molecule has 2 rings (SSSR count). The Kier molecular flexibility index (Phi) is 5.95. The lowest BCUT2D eigenvalue weighted by atomic mass is 10.0. The highest BCUT2D eigenvalue weighted by atomic mass is 35.5. The molecule has 1 aliphatic rings. The number of hydrogen-bond acceptors (Lipinski definition) is 3. The zero-order valence-electron chi connectivity index (χ0n) is 10.4. The van der Waals surface area contributed by atoms with Gasteiger partial charge in [0.1, 0.15) is 12.4 Å². The first-order valence-electron chi connectivity index (χ1n) is 5.94. The number of rotatable bonds is 4. The van der Waals surface area contributed by atoms with Crippen LogP contribution in [0.5, 0.6) is 5.75 Å². The fraction of sp³-hybridized carbons (Fsp3) is 0.462. The molecule has 1 aliphatic heterocycles. The van der Waals surface area contributed by atoms with E-state index in [1.807, 2.05) is 31.3 Å². The third-order valence-electron chi connectivity index (χ3n) is 2.85. The van der Waals surface area contributed by atoms with Gasteiger partial charge < -0.3 is 15.4 Å². The summed E-state index contributed by atoms with van der Waals surface area (Å²) in [5.41, 5.74) is 1.16. The molecular formula is C13H19ClN2O2. The molecule has 0 spiro atoms. The van der Waals surface area contributed by atoms with E-state index in [1.165, 1.54) is 0 Å². The number of hydrogen-bond donors (Lipinski definition) is 2. The molecule has 5 heteroatoms. The van der Waals surface area contributed by atoms with E-state index >= 15 is 0 Å². The molecule has 0 saturated carbocycles. The number of nitrogens with one attached hydrogen (secondary N) is 2. The van der Waals surface area contributed by atoms with Crippen LogP contribution in [0, 0.1) is 0 Å². The molecule has 4 nitrogen and oxygen atoms in total. The summed E-state index contributed by atoms with van der Waals surface area (Å²) in [6.45, 7) is 1.26. The van der Waals surface area contributed by atoms with E-state index in [1.54, 1.807) is 0 Å². The molecule has 1 aromatic carbocycles. The van der Waals surface area contributed by atoms with Crippen molar-refractivity contribution in [2.45, 2.75) is 18.9 Å². The first kappa shape index (κ1) is 14.8. The normalized spacial score (nSPS) is 17.1. The predicted molar refractivity (Wildman–Crippen MR) is 73.4 cm³/mol. The fourth-order valence-corrected chi connectivity index (χ4v) is 1.96. The van der Waals surface area contributed by atoms with Gasteiger partial charge in [0, 0.05) is 13.0 Å². The molecule has 1 amide bonds. The van der Waals surface area contributed by atoms with Crippen molar-refractivity contribution >= 4 is 18.3 Å². The third-order valence-corrected chi connectivity index (χ3v) is 2.85. The monoisotopic (exact) mass is 270 g/mol. The molecule has 1 heterocycles. The van der Waals surface area contributed by atoms with Crippen LogP contribution in [0.25, 0.3) is 0 Å². The van der Waals surface area contributed by atoms with E-state index in [0.717, 1.165) is 17.7 Å². The summed E-state index contributed by atoms with van der Waals surface area (Å²) >= 11 is 0. The smallest absolute Gasteiger partial charge is 0.221 e. The Labute approximate surface area is 114 Å². The Morgan fingerprint density at radius 2 is 2.22 bits per heavy atom. The Bertz CT molecular complexity index is 398. The third kappa shape index (κ3) is 3.89. The van der Waals surface area contributed by atoms with Gasteiger partial charge in [0.05, 0.1) is 6.04 Å². The van der Waals surface area contributed by atoms with Gasteiger partial charge in [0.25, 0.3) is 0 Å². The maximum Gasteiger partial charge on any atom is 0.221 e. The van der Waals surface area contributed by atoms with Gasteiger partial charge >= 0.3 is 0 Å². The van der Waals surface area contributed by atoms with Crippen LogP contribution in [-0.4, -0.2) is 32.1 Å². The van der Waals surface area contributed by atoms with E-state index in [0.29, 0.717) is 19.6 Å². The number of amides is 1. The summed E-state index contributed by atoms with van der Waals surface area (Å²) in [4.78, 5) is 11.6. The average molecular weight is 271 g/mol. The van der Waals surface area contributed by atoms with Crippen molar-refractivity contribution < 1.29 is 9.53 Å². The minimum Gasteiger partial charge on any atom is -0.491 e. The molecule has 100 valence electrons. The number of carbonyl (C=O) groups excluding carboxylic acids is 1. The van der Waals surface area contributed by atoms with Crippen LogP contribution in [-0.2, 0) is 11.2 Å². The number of para-hydroxylation sites is 1. The van der Waals surface area contributed by atoms with Crippen LogP contribution in [0.15, 0.2) is 24.3 Å². The van der Waals surface area contributed by atoms with Crippen LogP contribution >= 0.6 is 12.4 Å². The molecule has 0 saturated heterocycles. The van der Waals surface area contributed by atoms with Crippen LogP contribution < -0.4 is 15.4 Å². The van der Waals surface area contributed by atoms with Crippen LogP contribution in [0.1, 0.15) is 12.0 Å². The van der Waals surface area contributed by atoms with E-state index < -0.39 is 0 Å². The van der Waals surface area contributed by atoms with E-state index in [4.69, 9.17) is 4.74 Å². The van der Waals surface area contributed by atoms with Crippen molar-refractivity contribution in [2.75, 3.05) is 20.2 Å². The highest BCUT2D eigenvalue weighted by Gasteiger charge is 2.20. The predicted octanol–water partition coefficient (Wildman–Crippen LogP) is 1.14. The number of fused-ring (bicyclic) bond motifs is 1. The molecule has 0 aromatic heterocycles. The highest BCUT2D eigenvalue weighted by molar-refractivity contribution is 5.85. The molecule has 0 fully saturated rings. The van der Waals surface area contributed by atoms with Crippen LogP contribution in [0.4, 0.5) is 0 Å². The summed E-state index contributed by atoms with van der Waals surface area (Å²) in [5, 5.41) is 5.95.